The highest BCUT2D eigenvalue weighted by Crippen LogP contribution is 2.33. The van der Waals surface area contributed by atoms with Crippen molar-refractivity contribution in [2.24, 2.45) is 5.92 Å². The van der Waals surface area contributed by atoms with Gasteiger partial charge in [0.2, 0.25) is 0 Å². The van der Waals surface area contributed by atoms with Crippen molar-refractivity contribution in [1.82, 2.24) is 10.2 Å². The number of nitrogens with zero attached hydrogens (tertiary/aromatic N) is 1. The molecule has 1 N–H and O–H groups in total. The van der Waals surface area contributed by atoms with Crippen LogP contribution in [0.3, 0.4) is 0 Å². The van der Waals surface area contributed by atoms with Gasteiger partial charge in [0.1, 0.15) is 0 Å². The molecule has 3 atom stereocenters. The van der Waals surface area contributed by atoms with Crippen LogP contribution < -0.4 is 5.32 Å². The summed E-state index contributed by atoms with van der Waals surface area (Å²) in [5.41, 5.74) is 0. The average Bonchev–Trinajstić information content (AvgIpc) is 2.23. The third-order valence-electron chi connectivity index (χ3n) is 4.10. The highest BCUT2D eigenvalue weighted by molar-refractivity contribution is 7.98. The first-order chi connectivity index (χ1) is 8.10. The van der Waals surface area contributed by atoms with E-state index in [1.54, 1.807) is 0 Å². The summed E-state index contributed by atoms with van der Waals surface area (Å²) >= 11 is 1.98. The number of nitrogens with one attached hydrogen (secondary N) is 1. The Hall–Kier alpha value is 0.270. The molecule has 1 rings (SSSR count). The van der Waals surface area contributed by atoms with Gasteiger partial charge in [0.05, 0.1) is 0 Å². The van der Waals surface area contributed by atoms with Crippen LogP contribution >= 0.6 is 11.8 Å². The van der Waals surface area contributed by atoms with E-state index in [1.165, 1.54) is 31.6 Å². The zero-order valence-electron chi connectivity index (χ0n) is 12.2. The minimum absolute atomic E-state index is 0.620. The molecule has 0 radical (unpaired) electrons. The lowest BCUT2D eigenvalue weighted by Crippen LogP contribution is -2.53. The maximum absolute atomic E-state index is 3.59. The fraction of sp³-hybridized carbons (Fsp3) is 1.00. The van der Waals surface area contributed by atoms with Gasteiger partial charge in [-0.15, -0.1) is 0 Å². The summed E-state index contributed by atoms with van der Waals surface area (Å²) in [6, 6.07) is 2.20. The molecular weight excluding hydrogens is 228 g/mol. The molecule has 0 aromatic heterocycles. The Morgan fingerprint density at radius 2 is 2.06 bits per heavy atom. The molecular formula is C14H30N2S. The van der Waals surface area contributed by atoms with E-state index in [0.717, 1.165) is 18.0 Å². The van der Waals surface area contributed by atoms with Gasteiger partial charge in [0.15, 0.2) is 0 Å². The lowest BCUT2D eigenvalue weighted by molar-refractivity contribution is 0.0546. The molecule has 17 heavy (non-hydrogen) atoms. The molecule has 0 saturated heterocycles. The molecule has 1 aliphatic carbocycles. The van der Waals surface area contributed by atoms with Crippen molar-refractivity contribution in [2.45, 2.75) is 58.2 Å². The topological polar surface area (TPSA) is 15.3 Å². The van der Waals surface area contributed by atoms with Crippen molar-refractivity contribution in [1.29, 1.82) is 0 Å². The minimum Gasteiger partial charge on any atom is -0.314 e. The first-order valence-corrected chi connectivity index (χ1v) is 8.43. The van der Waals surface area contributed by atoms with Crippen molar-refractivity contribution in [2.75, 3.05) is 25.6 Å². The second kappa shape index (κ2) is 7.65. The van der Waals surface area contributed by atoms with Gasteiger partial charge in [-0.1, -0.05) is 20.8 Å². The quantitative estimate of drug-likeness (QED) is 0.721. The molecule has 1 saturated carbocycles. The highest BCUT2D eigenvalue weighted by atomic mass is 32.2. The van der Waals surface area contributed by atoms with Gasteiger partial charge >= 0.3 is 0 Å². The first kappa shape index (κ1) is 15.3. The molecule has 0 aromatic carbocycles. The monoisotopic (exact) mass is 258 g/mol. The van der Waals surface area contributed by atoms with Crippen LogP contribution in [0.15, 0.2) is 0 Å². The molecule has 0 amide bonds. The van der Waals surface area contributed by atoms with Gasteiger partial charge in [-0.05, 0) is 45.0 Å². The Bertz CT molecular complexity index is 208. The van der Waals surface area contributed by atoms with Gasteiger partial charge < -0.3 is 5.32 Å². The van der Waals surface area contributed by atoms with Crippen LogP contribution in [0.25, 0.3) is 0 Å². The maximum atomic E-state index is 3.59. The molecule has 0 aromatic rings. The van der Waals surface area contributed by atoms with Crippen LogP contribution in [-0.2, 0) is 0 Å². The van der Waals surface area contributed by atoms with E-state index < -0.39 is 0 Å². The van der Waals surface area contributed by atoms with E-state index >= 15 is 0 Å². The lowest BCUT2D eigenvalue weighted by atomic mass is 9.78. The van der Waals surface area contributed by atoms with Crippen LogP contribution in [0.4, 0.5) is 0 Å². The van der Waals surface area contributed by atoms with Crippen molar-refractivity contribution in [3.8, 4) is 0 Å². The Balaban J connectivity index is 2.37. The maximum Gasteiger partial charge on any atom is 0.0183 e. The van der Waals surface area contributed by atoms with Crippen molar-refractivity contribution >= 4 is 11.8 Å². The number of thioether (sulfide) groups is 1. The number of rotatable bonds is 8. The van der Waals surface area contributed by atoms with Crippen LogP contribution in [-0.4, -0.2) is 48.6 Å². The number of hydrogen-bond donors (Lipinski definition) is 1. The Kier molecular flexibility index (Phi) is 6.90. The van der Waals surface area contributed by atoms with Gasteiger partial charge in [0.25, 0.3) is 0 Å². The van der Waals surface area contributed by atoms with Gasteiger partial charge in [-0.25, -0.2) is 0 Å². The molecule has 0 bridgehead atoms. The SMILES string of the molecule is CCC(CSC)N(C)C1CCC1CNC(C)C. The van der Waals surface area contributed by atoms with Crippen molar-refractivity contribution in [3.05, 3.63) is 0 Å². The molecule has 102 valence electrons. The average molecular weight is 258 g/mol. The van der Waals surface area contributed by atoms with Crippen molar-refractivity contribution < 1.29 is 0 Å². The second-order valence-corrected chi connectivity index (χ2v) is 6.56. The first-order valence-electron chi connectivity index (χ1n) is 7.04. The predicted molar refractivity (Wildman–Crippen MR) is 79.9 cm³/mol. The van der Waals surface area contributed by atoms with Crippen LogP contribution in [0.2, 0.25) is 0 Å². The van der Waals surface area contributed by atoms with Gasteiger partial charge in [-0.3, -0.25) is 4.90 Å². The van der Waals surface area contributed by atoms with E-state index in [4.69, 9.17) is 0 Å². The summed E-state index contributed by atoms with van der Waals surface area (Å²) < 4.78 is 0. The summed E-state index contributed by atoms with van der Waals surface area (Å²) in [4.78, 5) is 2.65. The van der Waals surface area contributed by atoms with E-state index in [0.29, 0.717) is 6.04 Å². The number of hydrogen-bond acceptors (Lipinski definition) is 3. The summed E-state index contributed by atoms with van der Waals surface area (Å²) in [5, 5.41) is 3.59. The minimum atomic E-state index is 0.620. The molecule has 1 aliphatic rings. The molecule has 1 fully saturated rings. The van der Waals surface area contributed by atoms with Crippen molar-refractivity contribution in [3.63, 3.8) is 0 Å². The van der Waals surface area contributed by atoms with E-state index in [2.05, 4.69) is 44.3 Å². The summed E-state index contributed by atoms with van der Waals surface area (Å²) in [6.07, 6.45) is 6.30. The molecule has 0 aliphatic heterocycles. The molecule has 0 spiro atoms. The van der Waals surface area contributed by atoms with Gasteiger partial charge in [0, 0.05) is 23.9 Å². The fourth-order valence-electron chi connectivity index (χ4n) is 2.70. The molecule has 2 nitrogen and oxygen atoms in total. The summed E-state index contributed by atoms with van der Waals surface area (Å²) in [7, 11) is 2.33. The van der Waals surface area contributed by atoms with Gasteiger partial charge in [-0.2, -0.15) is 11.8 Å². The lowest BCUT2D eigenvalue weighted by Gasteiger charge is -2.46. The largest absolute Gasteiger partial charge is 0.314 e. The van der Waals surface area contributed by atoms with Crippen LogP contribution in [0, 0.1) is 5.92 Å². The van der Waals surface area contributed by atoms with E-state index in [-0.39, 0.29) is 0 Å². The Morgan fingerprint density at radius 3 is 2.47 bits per heavy atom. The standard InChI is InChI=1S/C14H30N2S/c1-6-13(10-17-5)16(4)14-8-7-12(14)9-15-11(2)3/h11-15H,6-10H2,1-5H3. The van der Waals surface area contributed by atoms with Crippen LogP contribution in [0.1, 0.15) is 40.0 Å². The smallest absolute Gasteiger partial charge is 0.0183 e. The summed E-state index contributed by atoms with van der Waals surface area (Å²) in [5.74, 6) is 2.15. The third kappa shape index (κ3) is 4.46. The Morgan fingerprint density at radius 1 is 1.35 bits per heavy atom. The predicted octanol–water partition coefficient (Wildman–Crippen LogP) is 2.84. The van der Waals surface area contributed by atoms with E-state index in [1.807, 2.05) is 11.8 Å². The molecule has 3 unspecified atom stereocenters. The third-order valence-corrected chi connectivity index (χ3v) is 4.81. The van der Waals surface area contributed by atoms with E-state index in [9.17, 15) is 0 Å². The fourth-order valence-corrected chi connectivity index (χ4v) is 3.55. The zero-order valence-corrected chi connectivity index (χ0v) is 13.0. The Labute approximate surface area is 112 Å². The second-order valence-electron chi connectivity index (χ2n) is 5.65. The van der Waals surface area contributed by atoms with Crippen LogP contribution in [0.5, 0.6) is 0 Å². The normalized spacial score (nSPS) is 26.3. The summed E-state index contributed by atoms with van der Waals surface area (Å²) in [6.45, 7) is 7.99. The molecule has 0 heterocycles. The highest BCUT2D eigenvalue weighted by Gasteiger charge is 2.35. The molecule has 3 heteroatoms. The zero-order chi connectivity index (χ0) is 12.8.